The zero-order chi connectivity index (χ0) is 18.6. The van der Waals surface area contributed by atoms with Crippen molar-refractivity contribution in [1.29, 1.82) is 0 Å². The highest BCUT2D eigenvalue weighted by Crippen LogP contribution is 2.24. The molecular weight excluding hydrogens is 372 g/mol. The van der Waals surface area contributed by atoms with E-state index in [1.54, 1.807) is 28.4 Å². The van der Waals surface area contributed by atoms with Crippen molar-refractivity contribution in [2.24, 2.45) is 0 Å². The molecule has 0 atom stereocenters. The highest BCUT2D eigenvalue weighted by molar-refractivity contribution is 7.89. The third-order valence-corrected chi connectivity index (χ3v) is 6.74. The second-order valence-corrected chi connectivity index (χ2v) is 8.75. The molecule has 8 heteroatoms. The predicted octanol–water partition coefficient (Wildman–Crippen LogP) is 2.40. The van der Waals surface area contributed by atoms with Crippen molar-refractivity contribution in [1.82, 2.24) is 9.62 Å². The Kier molecular flexibility index (Phi) is 5.95. The van der Waals surface area contributed by atoms with E-state index in [1.807, 2.05) is 18.4 Å². The molecule has 0 aliphatic carbocycles. The second kappa shape index (κ2) is 8.20. The summed E-state index contributed by atoms with van der Waals surface area (Å²) >= 11 is 1.72. The van der Waals surface area contributed by atoms with Gasteiger partial charge in [0.05, 0.1) is 11.5 Å². The molecule has 0 fully saturated rings. The molecule has 0 spiro atoms. The van der Waals surface area contributed by atoms with Gasteiger partial charge in [-0.3, -0.25) is 4.79 Å². The number of hydrogen-bond acceptors (Lipinski definition) is 5. The minimum atomic E-state index is -3.63. The van der Waals surface area contributed by atoms with Crippen LogP contribution in [-0.2, 0) is 27.8 Å². The van der Waals surface area contributed by atoms with E-state index in [0.717, 1.165) is 6.42 Å². The van der Waals surface area contributed by atoms with Crippen LogP contribution in [0.1, 0.15) is 23.8 Å². The molecule has 1 aromatic carbocycles. The molecule has 2 aromatic rings. The van der Waals surface area contributed by atoms with Crippen LogP contribution in [0.4, 0.5) is 0 Å². The average Bonchev–Trinajstić information content (AvgIpc) is 3.10. The van der Waals surface area contributed by atoms with Gasteiger partial charge in [-0.25, -0.2) is 13.1 Å². The fraction of sp³-hybridized carbons (Fsp3) is 0.389. The summed E-state index contributed by atoms with van der Waals surface area (Å²) in [6, 6.07) is 8.29. The van der Waals surface area contributed by atoms with Crippen molar-refractivity contribution in [3.63, 3.8) is 0 Å². The van der Waals surface area contributed by atoms with Crippen molar-refractivity contribution in [2.75, 3.05) is 19.7 Å². The van der Waals surface area contributed by atoms with E-state index < -0.39 is 10.0 Å². The van der Waals surface area contributed by atoms with Crippen LogP contribution in [-0.4, -0.2) is 38.9 Å². The number of fused-ring (bicyclic) bond motifs is 1. The highest BCUT2D eigenvalue weighted by atomic mass is 32.2. The number of thiophene rings is 1. The quantitative estimate of drug-likeness (QED) is 0.782. The van der Waals surface area contributed by atoms with Gasteiger partial charge in [0.25, 0.3) is 0 Å². The minimum absolute atomic E-state index is 0.0313. The number of carbonyl (C=O) groups is 1. The Bertz CT molecular complexity index is 860. The summed E-state index contributed by atoms with van der Waals surface area (Å²) < 4.78 is 32.4. The van der Waals surface area contributed by atoms with E-state index in [9.17, 15) is 13.2 Å². The Hall–Kier alpha value is -1.90. The van der Waals surface area contributed by atoms with Crippen molar-refractivity contribution < 1.29 is 17.9 Å². The fourth-order valence-electron chi connectivity index (χ4n) is 2.88. The van der Waals surface area contributed by atoms with Gasteiger partial charge < -0.3 is 9.64 Å². The molecule has 1 amide bonds. The van der Waals surface area contributed by atoms with Gasteiger partial charge in [-0.2, -0.15) is 0 Å². The van der Waals surface area contributed by atoms with Crippen LogP contribution in [0.15, 0.2) is 40.6 Å². The number of hydrogen-bond donors (Lipinski definition) is 1. The molecule has 1 aromatic heterocycles. The molecule has 26 heavy (non-hydrogen) atoms. The van der Waals surface area contributed by atoms with E-state index in [0.29, 0.717) is 25.4 Å². The molecule has 3 rings (SSSR count). The largest absolute Gasteiger partial charge is 0.494 e. The van der Waals surface area contributed by atoms with Gasteiger partial charge in [-0.1, -0.05) is 0 Å². The molecule has 0 radical (unpaired) electrons. The molecule has 0 bridgehead atoms. The van der Waals surface area contributed by atoms with Gasteiger partial charge in [0, 0.05) is 30.9 Å². The van der Waals surface area contributed by atoms with Gasteiger partial charge in [0.15, 0.2) is 0 Å². The molecular formula is C18H22N2O4S2. The summed E-state index contributed by atoms with van der Waals surface area (Å²) in [6.07, 6.45) is 1.02. The molecule has 0 saturated carbocycles. The first kappa shape index (κ1) is 18.9. The van der Waals surface area contributed by atoms with Crippen molar-refractivity contribution in [2.45, 2.75) is 31.2 Å². The third kappa shape index (κ3) is 4.44. The zero-order valence-electron chi connectivity index (χ0n) is 14.6. The molecule has 140 valence electrons. The first-order chi connectivity index (χ1) is 12.5. The van der Waals surface area contributed by atoms with Crippen LogP contribution >= 0.6 is 11.3 Å². The number of amides is 1. The standard InChI is InChI=1S/C18H22N2O4S2/c1-2-24-15-3-5-16(6-4-15)26(22,23)19-10-7-18(21)20-11-8-17-14(13-20)9-12-25-17/h3-6,9,12,19H,2,7-8,10-11,13H2,1H3. The Morgan fingerprint density at radius 2 is 2.04 bits per heavy atom. The SMILES string of the molecule is CCOc1ccc(S(=O)(=O)NCCC(=O)N2CCc3sccc3C2)cc1. The van der Waals surface area contributed by atoms with Crippen LogP contribution in [0.3, 0.4) is 0 Å². The number of sulfonamides is 1. The zero-order valence-corrected chi connectivity index (χ0v) is 16.2. The van der Waals surface area contributed by atoms with Crippen LogP contribution < -0.4 is 9.46 Å². The summed E-state index contributed by atoms with van der Waals surface area (Å²) in [5.74, 6) is 0.593. The van der Waals surface area contributed by atoms with E-state index in [-0.39, 0.29) is 23.8 Å². The lowest BCUT2D eigenvalue weighted by Crippen LogP contribution is -2.37. The smallest absolute Gasteiger partial charge is 0.240 e. The summed E-state index contributed by atoms with van der Waals surface area (Å²) in [5, 5.41) is 2.05. The fourth-order valence-corrected chi connectivity index (χ4v) is 4.80. The summed E-state index contributed by atoms with van der Waals surface area (Å²) in [5.41, 5.74) is 1.20. The van der Waals surface area contributed by atoms with Crippen LogP contribution in [0.5, 0.6) is 5.75 Å². The maximum Gasteiger partial charge on any atom is 0.240 e. The topological polar surface area (TPSA) is 75.7 Å². The van der Waals surface area contributed by atoms with Gasteiger partial charge in [-0.15, -0.1) is 11.3 Å². The molecule has 6 nitrogen and oxygen atoms in total. The van der Waals surface area contributed by atoms with E-state index in [1.165, 1.54) is 22.6 Å². The predicted molar refractivity (Wildman–Crippen MR) is 101 cm³/mol. The van der Waals surface area contributed by atoms with Crippen LogP contribution in [0, 0.1) is 0 Å². The maximum absolute atomic E-state index is 12.3. The van der Waals surface area contributed by atoms with Crippen molar-refractivity contribution in [3.05, 3.63) is 46.2 Å². The molecule has 2 heterocycles. The number of benzene rings is 1. The number of nitrogens with zero attached hydrogens (tertiary/aromatic N) is 1. The van der Waals surface area contributed by atoms with Gasteiger partial charge in [0.2, 0.25) is 15.9 Å². The molecule has 0 unspecified atom stereocenters. The normalized spacial score (nSPS) is 14.1. The average molecular weight is 395 g/mol. The van der Waals surface area contributed by atoms with E-state index >= 15 is 0 Å². The lowest BCUT2D eigenvalue weighted by molar-refractivity contribution is -0.131. The lowest BCUT2D eigenvalue weighted by Gasteiger charge is -2.27. The monoisotopic (exact) mass is 394 g/mol. The Labute approximate surface area is 157 Å². The second-order valence-electron chi connectivity index (χ2n) is 5.99. The summed E-state index contributed by atoms with van der Waals surface area (Å²) in [7, 11) is -3.63. The van der Waals surface area contributed by atoms with E-state index in [2.05, 4.69) is 4.72 Å². The molecule has 0 saturated heterocycles. The number of rotatable bonds is 7. The van der Waals surface area contributed by atoms with Crippen molar-refractivity contribution >= 4 is 27.3 Å². The highest BCUT2D eigenvalue weighted by Gasteiger charge is 2.22. The van der Waals surface area contributed by atoms with Crippen LogP contribution in [0.2, 0.25) is 0 Å². The number of carbonyl (C=O) groups excluding carboxylic acids is 1. The Morgan fingerprint density at radius 1 is 1.27 bits per heavy atom. The Morgan fingerprint density at radius 3 is 2.77 bits per heavy atom. The lowest BCUT2D eigenvalue weighted by atomic mass is 10.1. The first-order valence-corrected chi connectivity index (χ1v) is 10.9. The Balaban J connectivity index is 1.51. The third-order valence-electron chi connectivity index (χ3n) is 4.24. The first-order valence-electron chi connectivity index (χ1n) is 8.55. The number of nitrogens with one attached hydrogen (secondary N) is 1. The summed E-state index contributed by atoms with van der Waals surface area (Å²) in [4.78, 5) is 15.6. The van der Waals surface area contributed by atoms with E-state index in [4.69, 9.17) is 4.74 Å². The van der Waals surface area contributed by atoms with Gasteiger partial charge in [0.1, 0.15) is 5.75 Å². The minimum Gasteiger partial charge on any atom is -0.494 e. The summed E-state index contributed by atoms with van der Waals surface area (Å²) in [6.45, 7) is 3.78. The molecule has 1 N–H and O–H groups in total. The van der Waals surface area contributed by atoms with Crippen LogP contribution in [0.25, 0.3) is 0 Å². The molecule has 1 aliphatic rings. The van der Waals surface area contributed by atoms with Gasteiger partial charge >= 0.3 is 0 Å². The number of ether oxygens (including phenoxy) is 1. The maximum atomic E-state index is 12.3. The molecule has 1 aliphatic heterocycles. The van der Waals surface area contributed by atoms with Gasteiger partial charge in [-0.05, 0) is 54.6 Å². The van der Waals surface area contributed by atoms with Crippen molar-refractivity contribution in [3.8, 4) is 5.75 Å².